The maximum absolute atomic E-state index is 12.8. The lowest BCUT2D eigenvalue weighted by Gasteiger charge is -2.43. The van der Waals surface area contributed by atoms with Gasteiger partial charge in [0, 0.05) is 6.04 Å². The number of aromatic nitrogens is 2. The standard InChI is InChI=1S/C14H20FN3/c1-13(2)9-4-5-14(3,6-9)11(13)18-12-16-7-10(15)8-17-12/h7-9,11H,4-6H2,1-3H3,(H,16,17,18). The van der Waals surface area contributed by atoms with Crippen LogP contribution >= 0.6 is 0 Å². The minimum absolute atomic E-state index is 0.255. The second-order valence-electron chi connectivity index (χ2n) is 6.72. The summed E-state index contributed by atoms with van der Waals surface area (Å²) in [6.07, 6.45) is 6.31. The van der Waals surface area contributed by atoms with E-state index < -0.39 is 0 Å². The van der Waals surface area contributed by atoms with E-state index in [1.165, 1.54) is 31.7 Å². The largest absolute Gasteiger partial charge is 0.350 e. The Kier molecular flexibility index (Phi) is 2.41. The van der Waals surface area contributed by atoms with Crippen LogP contribution in [0, 0.1) is 22.6 Å². The minimum atomic E-state index is -0.390. The molecule has 2 aliphatic rings. The smallest absolute Gasteiger partial charge is 0.223 e. The molecule has 3 unspecified atom stereocenters. The third-order valence-electron chi connectivity index (χ3n) is 5.16. The Balaban J connectivity index is 1.86. The van der Waals surface area contributed by atoms with Gasteiger partial charge in [-0.3, -0.25) is 0 Å². The summed E-state index contributed by atoms with van der Waals surface area (Å²) >= 11 is 0. The average Bonchev–Trinajstić information content (AvgIpc) is 2.78. The Hall–Kier alpha value is -1.19. The Bertz CT molecular complexity index is 452. The molecular weight excluding hydrogens is 229 g/mol. The highest BCUT2D eigenvalue weighted by atomic mass is 19.1. The second-order valence-corrected chi connectivity index (χ2v) is 6.72. The normalized spacial score (nSPS) is 36.9. The topological polar surface area (TPSA) is 37.8 Å². The summed E-state index contributed by atoms with van der Waals surface area (Å²) in [5.74, 6) is 0.933. The van der Waals surface area contributed by atoms with E-state index in [1.807, 2.05) is 0 Å². The van der Waals surface area contributed by atoms with Crippen LogP contribution in [-0.2, 0) is 0 Å². The molecule has 4 heteroatoms. The first-order valence-electron chi connectivity index (χ1n) is 6.66. The number of anilines is 1. The van der Waals surface area contributed by atoms with Crippen LogP contribution in [0.25, 0.3) is 0 Å². The molecule has 18 heavy (non-hydrogen) atoms. The molecule has 1 heterocycles. The van der Waals surface area contributed by atoms with Crippen molar-refractivity contribution in [3.8, 4) is 0 Å². The van der Waals surface area contributed by atoms with Crippen molar-refractivity contribution in [2.45, 2.75) is 46.1 Å². The van der Waals surface area contributed by atoms with Gasteiger partial charge in [-0.25, -0.2) is 14.4 Å². The monoisotopic (exact) mass is 249 g/mol. The van der Waals surface area contributed by atoms with E-state index in [0.29, 0.717) is 17.4 Å². The molecule has 98 valence electrons. The number of nitrogens with zero attached hydrogens (tertiary/aromatic N) is 2. The van der Waals surface area contributed by atoms with E-state index in [2.05, 4.69) is 36.1 Å². The van der Waals surface area contributed by atoms with Crippen LogP contribution in [0.4, 0.5) is 10.3 Å². The molecule has 1 N–H and O–H groups in total. The second kappa shape index (κ2) is 3.65. The fourth-order valence-corrected chi connectivity index (χ4v) is 4.18. The van der Waals surface area contributed by atoms with Gasteiger partial charge in [0.05, 0.1) is 12.4 Å². The van der Waals surface area contributed by atoms with Crippen LogP contribution in [0.1, 0.15) is 40.0 Å². The molecule has 0 aliphatic heterocycles. The summed E-state index contributed by atoms with van der Waals surface area (Å²) in [7, 11) is 0. The number of nitrogens with one attached hydrogen (secondary N) is 1. The summed E-state index contributed by atoms with van der Waals surface area (Å²) in [5.41, 5.74) is 0.580. The van der Waals surface area contributed by atoms with Crippen LogP contribution < -0.4 is 5.32 Å². The summed E-state index contributed by atoms with van der Waals surface area (Å²) in [6, 6.07) is 0.370. The van der Waals surface area contributed by atoms with Gasteiger partial charge in [0.15, 0.2) is 5.82 Å². The molecule has 3 atom stereocenters. The van der Waals surface area contributed by atoms with Crippen LogP contribution in [-0.4, -0.2) is 16.0 Å². The lowest BCUT2D eigenvalue weighted by molar-refractivity contribution is 0.155. The molecule has 0 saturated heterocycles. The quantitative estimate of drug-likeness (QED) is 0.874. The molecule has 2 fully saturated rings. The van der Waals surface area contributed by atoms with E-state index in [9.17, 15) is 4.39 Å². The first-order valence-corrected chi connectivity index (χ1v) is 6.66. The third-order valence-corrected chi connectivity index (χ3v) is 5.16. The zero-order valence-corrected chi connectivity index (χ0v) is 11.2. The number of hydrogen-bond acceptors (Lipinski definition) is 3. The fourth-order valence-electron chi connectivity index (χ4n) is 4.18. The van der Waals surface area contributed by atoms with Gasteiger partial charge < -0.3 is 5.32 Å². The summed E-state index contributed by atoms with van der Waals surface area (Å²) in [6.45, 7) is 7.00. The van der Waals surface area contributed by atoms with E-state index in [-0.39, 0.29) is 11.2 Å². The van der Waals surface area contributed by atoms with Crippen LogP contribution in [0.3, 0.4) is 0 Å². The van der Waals surface area contributed by atoms with Gasteiger partial charge >= 0.3 is 0 Å². The maximum atomic E-state index is 12.8. The SMILES string of the molecule is CC12CCC(C1)C(C)(C)C2Nc1ncc(F)cn1. The predicted molar refractivity (Wildman–Crippen MR) is 68.6 cm³/mol. The van der Waals surface area contributed by atoms with Crippen molar-refractivity contribution in [2.75, 3.05) is 5.32 Å². The van der Waals surface area contributed by atoms with Crippen molar-refractivity contribution >= 4 is 5.95 Å². The molecule has 0 aromatic carbocycles. The molecule has 2 aliphatic carbocycles. The Morgan fingerprint density at radius 1 is 1.28 bits per heavy atom. The number of hydrogen-bond donors (Lipinski definition) is 1. The molecule has 2 bridgehead atoms. The molecule has 3 rings (SSSR count). The highest BCUT2D eigenvalue weighted by molar-refractivity contribution is 5.31. The predicted octanol–water partition coefficient (Wildman–Crippen LogP) is 3.24. The van der Waals surface area contributed by atoms with Crippen molar-refractivity contribution < 1.29 is 4.39 Å². The lowest BCUT2D eigenvalue weighted by atomic mass is 9.68. The molecule has 0 radical (unpaired) electrons. The Labute approximate surface area is 107 Å². The lowest BCUT2D eigenvalue weighted by Crippen LogP contribution is -2.46. The van der Waals surface area contributed by atoms with Crippen LogP contribution in [0.2, 0.25) is 0 Å². The van der Waals surface area contributed by atoms with E-state index in [1.54, 1.807) is 0 Å². The summed E-state index contributed by atoms with van der Waals surface area (Å²) < 4.78 is 12.8. The molecule has 1 aromatic heterocycles. The van der Waals surface area contributed by atoms with Crippen LogP contribution in [0.15, 0.2) is 12.4 Å². The van der Waals surface area contributed by atoms with E-state index >= 15 is 0 Å². The zero-order valence-electron chi connectivity index (χ0n) is 11.2. The summed E-state index contributed by atoms with van der Waals surface area (Å²) in [5, 5.41) is 3.44. The van der Waals surface area contributed by atoms with Crippen molar-refractivity contribution in [2.24, 2.45) is 16.7 Å². The Morgan fingerprint density at radius 3 is 2.50 bits per heavy atom. The minimum Gasteiger partial charge on any atom is -0.350 e. The fraction of sp³-hybridized carbons (Fsp3) is 0.714. The first-order chi connectivity index (χ1) is 8.42. The average molecular weight is 249 g/mol. The van der Waals surface area contributed by atoms with Gasteiger partial charge in [-0.2, -0.15) is 0 Å². The van der Waals surface area contributed by atoms with Crippen molar-refractivity contribution in [3.05, 3.63) is 18.2 Å². The molecule has 0 amide bonds. The maximum Gasteiger partial charge on any atom is 0.223 e. The number of rotatable bonds is 2. The van der Waals surface area contributed by atoms with E-state index in [4.69, 9.17) is 0 Å². The van der Waals surface area contributed by atoms with Gasteiger partial charge in [0.25, 0.3) is 0 Å². The molecule has 3 nitrogen and oxygen atoms in total. The van der Waals surface area contributed by atoms with Crippen molar-refractivity contribution in [3.63, 3.8) is 0 Å². The number of halogens is 1. The van der Waals surface area contributed by atoms with Crippen molar-refractivity contribution in [1.29, 1.82) is 0 Å². The molecular formula is C14H20FN3. The third kappa shape index (κ3) is 1.62. The zero-order chi connectivity index (χ0) is 13.0. The molecule has 1 aromatic rings. The van der Waals surface area contributed by atoms with Crippen molar-refractivity contribution in [1.82, 2.24) is 9.97 Å². The highest BCUT2D eigenvalue weighted by Crippen LogP contribution is 2.62. The Morgan fingerprint density at radius 2 is 1.94 bits per heavy atom. The van der Waals surface area contributed by atoms with Gasteiger partial charge in [-0.15, -0.1) is 0 Å². The van der Waals surface area contributed by atoms with Gasteiger partial charge in [0.2, 0.25) is 5.95 Å². The van der Waals surface area contributed by atoms with Gasteiger partial charge in [-0.05, 0) is 36.0 Å². The first kappa shape index (κ1) is 11.9. The van der Waals surface area contributed by atoms with Crippen LogP contribution in [0.5, 0.6) is 0 Å². The van der Waals surface area contributed by atoms with Gasteiger partial charge in [-0.1, -0.05) is 20.8 Å². The van der Waals surface area contributed by atoms with Gasteiger partial charge in [0.1, 0.15) is 0 Å². The highest BCUT2D eigenvalue weighted by Gasteiger charge is 2.59. The number of fused-ring (bicyclic) bond motifs is 2. The van der Waals surface area contributed by atoms with E-state index in [0.717, 1.165) is 5.92 Å². The summed E-state index contributed by atoms with van der Waals surface area (Å²) in [4.78, 5) is 8.05. The molecule has 0 spiro atoms. The molecule has 2 saturated carbocycles.